The summed E-state index contributed by atoms with van der Waals surface area (Å²) >= 11 is 0. The van der Waals surface area contributed by atoms with Crippen molar-refractivity contribution in [3.05, 3.63) is 77.9 Å². The zero-order valence-corrected chi connectivity index (χ0v) is 17.5. The Morgan fingerprint density at radius 1 is 0.967 bits per heavy atom. The molecule has 0 bridgehead atoms. The van der Waals surface area contributed by atoms with Gasteiger partial charge in [-0.05, 0) is 70.2 Å². The number of oxazole rings is 1. The van der Waals surface area contributed by atoms with Crippen LogP contribution in [0.5, 0.6) is 5.75 Å². The molecule has 5 nitrogen and oxygen atoms in total. The van der Waals surface area contributed by atoms with E-state index in [2.05, 4.69) is 16.4 Å². The van der Waals surface area contributed by atoms with Crippen molar-refractivity contribution in [3.8, 4) is 17.2 Å². The molecule has 152 valence electrons. The highest BCUT2D eigenvalue weighted by Crippen LogP contribution is 2.28. The maximum atomic E-state index is 12.8. The molecule has 5 heteroatoms. The average molecular weight is 400 g/mol. The Morgan fingerprint density at radius 3 is 2.37 bits per heavy atom. The fourth-order valence-electron chi connectivity index (χ4n) is 3.34. The van der Waals surface area contributed by atoms with Gasteiger partial charge in [-0.1, -0.05) is 35.4 Å². The number of amides is 1. The molecule has 0 unspecified atom stereocenters. The van der Waals surface area contributed by atoms with Gasteiger partial charge in [0.25, 0.3) is 5.91 Å². The number of hydrogen-bond acceptors (Lipinski definition) is 4. The average Bonchev–Trinajstić information content (AvgIpc) is 3.11. The van der Waals surface area contributed by atoms with Crippen LogP contribution in [0.15, 0.2) is 71.1 Å². The number of fused-ring (bicyclic) bond motifs is 1. The molecular weight excluding hydrogens is 376 g/mol. The van der Waals surface area contributed by atoms with Crippen LogP contribution in [0.4, 0.5) is 5.69 Å². The second-order valence-corrected chi connectivity index (χ2v) is 7.96. The van der Waals surface area contributed by atoms with E-state index in [-0.39, 0.29) is 5.91 Å². The van der Waals surface area contributed by atoms with E-state index in [1.807, 2.05) is 68.4 Å². The van der Waals surface area contributed by atoms with E-state index in [1.165, 1.54) is 0 Å². The number of rotatable bonds is 5. The lowest BCUT2D eigenvalue weighted by Crippen LogP contribution is -2.42. The van der Waals surface area contributed by atoms with Gasteiger partial charge in [-0.2, -0.15) is 0 Å². The smallest absolute Gasteiger partial charge is 0.267 e. The molecule has 0 aliphatic rings. The van der Waals surface area contributed by atoms with Gasteiger partial charge >= 0.3 is 0 Å². The molecule has 0 radical (unpaired) electrons. The van der Waals surface area contributed by atoms with E-state index in [9.17, 15) is 4.79 Å². The molecule has 0 spiro atoms. The fraction of sp³-hybridized carbons (Fsp3) is 0.200. The number of carbonyl (C=O) groups is 1. The highest BCUT2D eigenvalue weighted by Gasteiger charge is 2.30. The molecule has 1 aromatic heterocycles. The number of nitrogens with zero attached hydrogens (tertiary/aromatic N) is 1. The highest BCUT2D eigenvalue weighted by molar-refractivity contribution is 5.98. The topological polar surface area (TPSA) is 64.4 Å². The van der Waals surface area contributed by atoms with E-state index in [0.29, 0.717) is 28.4 Å². The lowest BCUT2D eigenvalue weighted by Gasteiger charge is -2.25. The van der Waals surface area contributed by atoms with Crippen LogP contribution in [-0.4, -0.2) is 16.5 Å². The van der Waals surface area contributed by atoms with E-state index >= 15 is 0 Å². The van der Waals surface area contributed by atoms with E-state index < -0.39 is 5.60 Å². The van der Waals surface area contributed by atoms with Gasteiger partial charge in [0.2, 0.25) is 5.89 Å². The minimum Gasteiger partial charge on any atom is -0.478 e. The van der Waals surface area contributed by atoms with Crippen LogP contribution in [0.2, 0.25) is 0 Å². The summed E-state index contributed by atoms with van der Waals surface area (Å²) in [5.41, 5.74) is 4.20. The Kier molecular flexibility index (Phi) is 5.04. The zero-order valence-electron chi connectivity index (χ0n) is 17.5. The van der Waals surface area contributed by atoms with Crippen molar-refractivity contribution in [2.75, 3.05) is 5.32 Å². The Hall–Kier alpha value is -3.60. The Balaban J connectivity index is 1.55. The van der Waals surface area contributed by atoms with Crippen molar-refractivity contribution in [1.29, 1.82) is 0 Å². The molecular formula is C25H24N2O3. The van der Waals surface area contributed by atoms with Gasteiger partial charge in [-0.15, -0.1) is 0 Å². The number of anilines is 1. The van der Waals surface area contributed by atoms with Gasteiger partial charge in [0.05, 0.1) is 0 Å². The van der Waals surface area contributed by atoms with Crippen molar-refractivity contribution in [1.82, 2.24) is 4.98 Å². The number of hydrogen-bond donors (Lipinski definition) is 1. The molecule has 4 rings (SSSR count). The maximum absolute atomic E-state index is 12.8. The molecule has 3 aromatic carbocycles. The lowest BCUT2D eigenvalue weighted by atomic mass is 10.1. The first-order valence-corrected chi connectivity index (χ1v) is 9.85. The van der Waals surface area contributed by atoms with Gasteiger partial charge in [0.1, 0.15) is 11.3 Å². The first kappa shape index (κ1) is 19.7. The Labute approximate surface area is 175 Å². The van der Waals surface area contributed by atoms with Gasteiger partial charge in [0.15, 0.2) is 11.2 Å². The largest absolute Gasteiger partial charge is 0.478 e. The number of para-hydroxylation sites is 1. The predicted octanol–water partition coefficient (Wildman–Crippen LogP) is 5.91. The monoisotopic (exact) mass is 400 g/mol. The molecule has 1 heterocycles. The Bertz CT molecular complexity index is 1190. The van der Waals surface area contributed by atoms with Crippen LogP contribution in [-0.2, 0) is 4.79 Å². The third kappa shape index (κ3) is 4.20. The van der Waals surface area contributed by atoms with Gasteiger partial charge in [-0.25, -0.2) is 4.98 Å². The maximum Gasteiger partial charge on any atom is 0.267 e. The normalized spacial score (nSPS) is 11.5. The van der Waals surface area contributed by atoms with E-state index in [0.717, 1.165) is 16.7 Å². The van der Waals surface area contributed by atoms with Crippen molar-refractivity contribution < 1.29 is 13.9 Å². The molecule has 0 saturated carbocycles. The number of aromatic nitrogens is 1. The van der Waals surface area contributed by atoms with Crippen LogP contribution >= 0.6 is 0 Å². The van der Waals surface area contributed by atoms with Gasteiger partial charge in [-0.3, -0.25) is 4.79 Å². The minimum atomic E-state index is -1.04. The van der Waals surface area contributed by atoms with Gasteiger partial charge < -0.3 is 14.5 Å². The van der Waals surface area contributed by atoms with E-state index in [4.69, 9.17) is 9.15 Å². The van der Waals surface area contributed by atoms with Crippen LogP contribution in [0, 0.1) is 13.8 Å². The van der Waals surface area contributed by atoms with Crippen molar-refractivity contribution in [3.63, 3.8) is 0 Å². The molecule has 1 amide bonds. The van der Waals surface area contributed by atoms with Crippen molar-refractivity contribution in [2.45, 2.75) is 33.3 Å². The fourth-order valence-corrected chi connectivity index (χ4v) is 3.34. The SMILES string of the molecule is Cc1cc(C)cc(-c2nc3cc(NC(=O)C(C)(C)Oc4ccccc4)ccc3o2)c1. The summed E-state index contributed by atoms with van der Waals surface area (Å²) in [5, 5.41) is 2.92. The van der Waals surface area contributed by atoms with Crippen molar-refractivity contribution >= 4 is 22.7 Å². The first-order valence-electron chi connectivity index (χ1n) is 9.85. The van der Waals surface area contributed by atoms with Crippen LogP contribution in [0.3, 0.4) is 0 Å². The highest BCUT2D eigenvalue weighted by atomic mass is 16.5. The zero-order chi connectivity index (χ0) is 21.3. The molecule has 0 aliphatic heterocycles. The quantitative estimate of drug-likeness (QED) is 0.452. The summed E-state index contributed by atoms with van der Waals surface area (Å²) in [6, 6.07) is 20.9. The third-order valence-electron chi connectivity index (χ3n) is 4.78. The third-order valence-corrected chi connectivity index (χ3v) is 4.78. The molecule has 0 aliphatic carbocycles. The molecule has 0 fully saturated rings. The first-order chi connectivity index (χ1) is 14.3. The summed E-state index contributed by atoms with van der Waals surface area (Å²) in [7, 11) is 0. The van der Waals surface area contributed by atoms with Crippen molar-refractivity contribution in [2.24, 2.45) is 0 Å². The second-order valence-electron chi connectivity index (χ2n) is 7.96. The number of nitrogens with one attached hydrogen (secondary N) is 1. The number of ether oxygens (including phenoxy) is 1. The van der Waals surface area contributed by atoms with Crippen LogP contribution in [0.25, 0.3) is 22.6 Å². The summed E-state index contributed by atoms with van der Waals surface area (Å²) in [6.07, 6.45) is 0. The number of aryl methyl sites for hydroxylation is 2. The summed E-state index contributed by atoms with van der Waals surface area (Å²) in [5.74, 6) is 0.958. The van der Waals surface area contributed by atoms with Gasteiger partial charge in [0, 0.05) is 11.3 Å². The summed E-state index contributed by atoms with van der Waals surface area (Å²) in [6.45, 7) is 7.57. The minimum absolute atomic E-state index is 0.247. The number of carbonyl (C=O) groups excluding carboxylic acids is 1. The second kappa shape index (κ2) is 7.67. The van der Waals surface area contributed by atoms with Crippen LogP contribution in [0.1, 0.15) is 25.0 Å². The summed E-state index contributed by atoms with van der Waals surface area (Å²) in [4.78, 5) is 17.4. The molecule has 30 heavy (non-hydrogen) atoms. The predicted molar refractivity (Wildman–Crippen MR) is 119 cm³/mol. The standard InChI is InChI=1S/C25H24N2O3/c1-16-12-17(2)14-18(13-16)23-27-21-15-19(10-11-22(21)29-23)26-24(28)25(3,4)30-20-8-6-5-7-9-20/h5-15H,1-4H3,(H,26,28). The Morgan fingerprint density at radius 2 is 1.67 bits per heavy atom. The summed E-state index contributed by atoms with van der Waals surface area (Å²) < 4.78 is 11.8. The van der Waals surface area contributed by atoms with E-state index in [1.54, 1.807) is 19.9 Å². The lowest BCUT2D eigenvalue weighted by molar-refractivity contribution is -0.128. The molecule has 4 aromatic rings. The molecule has 0 saturated heterocycles. The number of benzene rings is 3. The molecule has 0 atom stereocenters. The molecule has 1 N–H and O–H groups in total. The van der Waals surface area contributed by atoms with Crippen LogP contribution < -0.4 is 10.1 Å².